The Labute approximate surface area is 101 Å². The Morgan fingerprint density at radius 1 is 1.29 bits per heavy atom. The predicted molar refractivity (Wildman–Crippen MR) is 66.9 cm³/mol. The maximum absolute atomic E-state index is 4.22. The van der Waals surface area contributed by atoms with Crippen molar-refractivity contribution in [2.75, 3.05) is 5.32 Å². The zero-order valence-corrected chi connectivity index (χ0v) is 10.4. The molecule has 5 heteroatoms. The lowest BCUT2D eigenvalue weighted by atomic mass is 10.2. The number of H-pyrrole nitrogens is 1. The van der Waals surface area contributed by atoms with Crippen molar-refractivity contribution in [1.82, 2.24) is 20.2 Å². The van der Waals surface area contributed by atoms with Gasteiger partial charge in [0.25, 0.3) is 0 Å². The molecule has 17 heavy (non-hydrogen) atoms. The van der Waals surface area contributed by atoms with Gasteiger partial charge in [-0.2, -0.15) is 5.10 Å². The number of rotatable bonds is 4. The molecule has 0 saturated carbocycles. The van der Waals surface area contributed by atoms with Crippen LogP contribution in [0.1, 0.15) is 24.0 Å². The summed E-state index contributed by atoms with van der Waals surface area (Å²) in [7, 11) is 0. The molecule has 0 fully saturated rings. The molecule has 1 unspecified atom stereocenters. The van der Waals surface area contributed by atoms with Gasteiger partial charge in [-0.15, -0.1) is 0 Å². The summed E-state index contributed by atoms with van der Waals surface area (Å²) in [6.07, 6.45) is 2.44. The number of nitrogens with one attached hydrogen (secondary N) is 2. The van der Waals surface area contributed by atoms with Crippen molar-refractivity contribution in [3.8, 4) is 0 Å². The molecule has 2 rings (SSSR count). The van der Waals surface area contributed by atoms with Crippen LogP contribution in [0.5, 0.6) is 0 Å². The molecular formula is C12H17N5. The Hall–Kier alpha value is -1.91. The van der Waals surface area contributed by atoms with Crippen LogP contribution in [0.4, 0.5) is 5.82 Å². The molecule has 0 radical (unpaired) electrons. The van der Waals surface area contributed by atoms with Gasteiger partial charge < -0.3 is 5.32 Å². The van der Waals surface area contributed by atoms with Crippen LogP contribution in [0.3, 0.4) is 0 Å². The number of aromatic amines is 1. The summed E-state index contributed by atoms with van der Waals surface area (Å²) in [6, 6.07) is 4.28. The highest BCUT2D eigenvalue weighted by Gasteiger charge is 2.06. The number of hydrogen-bond acceptors (Lipinski definition) is 4. The van der Waals surface area contributed by atoms with Gasteiger partial charge in [-0.25, -0.2) is 9.97 Å². The number of aromatic nitrogens is 4. The summed E-state index contributed by atoms with van der Waals surface area (Å²) >= 11 is 0. The first-order valence-electron chi connectivity index (χ1n) is 5.69. The van der Waals surface area contributed by atoms with Crippen LogP contribution in [0.15, 0.2) is 18.5 Å². The summed E-state index contributed by atoms with van der Waals surface area (Å²) < 4.78 is 0. The summed E-state index contributed by atoms with van der Waals surface area (Å²) in [5.41, 5.74) is 3.11. The van der Waals surface area contributed by atoms with E-state index in [1.807, 2.05) is 19.9 Å². The lowest BCUT2D eigenvalue weighted by Crippen LogP contribution is -2.19. The third-order valence-electron chi connectivity index (χ3n) is 2.47. The number of hydrogen-bond donors (Lipinski definition) is 2. The van der Waals surface area contributed by atoms with Gasteiger partial charge in [0.15, 0.2) is 0 Å². The molecule has 0 aliphatic heterocycles. The zero-order chi connectivity index (χ0) is 12.3. The van der Waals surface area contributed by atoms with Crippen LogP contribution in [0.2, 0.25) is 0 Å². The lowest BCUT2D eigenvalue weighted by Gasteiger charge is -2.12. The minimum absolute atomic E-state index is 0.284. The van der Waals surface area contributed by atoms with Crippen LogP contribution in [-0.4, -0.2) is 26.2 Å². The van der Waals surface area contributed by atoms with Crippen molar-refractivity contribution < 1.29 is 0 Å². The first-order chi connectivity index (χ1) is 8.13. The maximum Gasteiger partial charge on any atom is 0.129 e. The second kappa shape index (κ2) is 4.95. The second-order valence-corrected chi connectivity index (χ2v) is 4.34. The van der Waals surface area contributed by atoms with E-state index in [-0.39, 0.29) is 6.04 Å². The standard InChI is InChI=1S/C12H17N5/c1-8-6-12(14-7-13-8)15-9(2)4-11-5-10(3)16-17-11/h5-7,9H,4H2,1-3H3,(H,16,17)(H,13,14,15). The van der Waals surface area contributed by atoms with E-state index < -0.39 is 0 Å². The molecule has 0 aliphatic carbocycles. The predicted octanol–water partition coefficient (Wildman–Crippen LogP) is 1.86. The average Bonchev–Trinajstić information content (AvgIpc) is 2.63. The van der Waals surface area contributed by atoms with E-state index in [0.717, 1.165) is 29.3 Å². The van der Waals surface area contributed by atoms with Gasteiger partial charge in [-0.1, -0.05) is 0 Å². The fraction of sp³-hybridized carbons (Fsp3) is 0.417. The molecule has 2 aromatic rings. The highest BCUT2D eigenvalue weighted by Crippen LogP contribution is 2.08. The van der Waals surface area contributed by atoms with E-state index in [2.05, 4.69) is 38.5 Å². The Balaban J connectivity index is 1.95. The van der Waals surface area contributed by atoms with Crippen molar-refractivity contribution >= 4 is 5.82 Å². The van der Waals surface area contributed by atoms with Crippen molar-refractivity contribution in [3.05, 3.63) is 35.5 Å². The summed E-state index contributed by atoms with van der Waals surface area (Å²) in [5.74, 6) is 0.859. The fourth-order valence-corrected chi connectivity index (χ4v) is 1.73. The van der Waals surface area contributed by atoms with E-state index >= 15 is 0 Å². The fourth-order valence-electron chi connectivity index (χ4n) is 1.73. The molecule has 2 N–H and O–H groups in total. The molecule has 1 atom stereocenters. The highest BCUT2D eigenvalue weighted by molar-refractivity contribution is 5.35. The monoisotopic (exact) mass is 231 g/mol. The quantitative estimate of drug-likeness (QED) is 0.843. The van der Waals surface area contributed by atoms with Crippen molar-refractivity contribution in [2.45, 2.75) is 33.2 Å². The zero-order valence-electron chi connectivity index (χ0n) is 10.4. The molecule has 2 aromatic heterocycles. The number of aryl methyl sites for hydroxylation is 2. The molecule has 2 heterocycles. The molecule has 90 valence electrons. The van der Waals surface area contributed by atoms with Crippen molar-refractivity contribution in [3.63, 3.8) is 0 Å². The van der Waals surface area contributed by atoms with E-state index in [1.54, 1.807) is 6.33 Å². The first-order valence-corrected chi connectivity index (χ1v) is 5.69. The van der Waals surface area contributed by atoms with Gasteiger partial charge in [0, 0.05) is 29.9 Å². The molecule has 0 spiro atoms. The topological polar surface area (TPSA) is 66.5 Å². The van der Waals surface area contributed by atoms with Crippen LogP contribution in [0.25, 0.3) is 0 Å². The van der Waals surface area contributed by atoms with Gasteiger partial charge in [0.2, 0.25) is 0 Å². The van der Waals surface area contributed by atoms with E-state index in [9.17, 15) is 0 Å². The van der Waals surface area contributed by atoms with Gasteiger partial charge in [-0.05, 0) is 26.8 Å². The van der Waals surface area contributed by atoms with E-state index in [0.29, 0.717) is 0 Å². The second-order valence-electron chi connectivity index (χ2n) is 4.34. The Kier molecular flexibility index (Phi) is 3.37. The SMILES string of the molecule is Cc1cc(NC(C)Cc2cc(C)[nH]n2)ncn1. The third kappa shape index (κ3) is 3.27. The number of anilines is 1. The molecular weight excluding hydrogens is 214 g/mol. The minimum Gasteiger partial charge on any atom is -0.367 e. The molecule has 0 amide bonds. The van der Waals surface area contributed by atoms with Gasteiger partial charge in [0.05, 0.1) is 5.69 Å². The summed E-state index contributed by atoms with van der Waals surface area (Å²) in [4.78, 5) is 8.24. The summed E-state index contributed by atoms with van der Waals surface area (Å²) in [5, 5.41) is 10.5. The molecule has 0 aliphatic rings. The normalized spacial score (nSPS) is 12.4. The molecule has 5 nitrogen and oxygen atoms in total. The van der Waals surface area contributed by atoms with E-state index in [1.165, 1.54) is 0 Å². The summed E-state index contributed by atoms with van der Waals surface area (Å²) in [6.45, 7) is 6.07. The lowest BCUT2D eigenvalue weighted by molar-refractivity contribution is 0.759. The maximum atomic E-state index is 4.22. The Bertz CT molecular complexity index is 491. The molecule has 0 bridgehead atoms. The van der Waals surface area contributed by atoms with Gasteiger partial charge >= 0.3 is 0 Å². The van der Waals surface area contributed by atoms with Crippen LogP contribution >= 0.6 is 0 Å². The third-order valence-corrected chi connectivity index (χ3v) is 2.47. The van der Waals surface area contributed by atoms with Crippen molar-refractivity contribution in [2.24, 2.45) is 0 Å². The van der Waals surface area contributed by atoms with Gasteiger partial charge in [-0.3, -0.25) is 5.10 Å². The van der Waals surface area contributed by atoms with Crippen LogP contribution < -0.4 is 5.32 Å². The smallest absolute Gasteiger partial charge is 0.129 e. The van der Waals surface area contributed by atoms with E-state index in [4.69, 9.17) is 0 Å². The molecule has 0 saturated heterocycles. The first kappa shape index (κ1) is 11.6. The largest absolute Gasteiger partial charge is 0.367 e. The van der Waals surface area contributed by atoms with Crippen LogP contribution in [0, 0.1) is 13.8 Å². The number of nitrogens with zero attached hydrogens (tertiary/aromatic N) is 3. The Morgan fingerprint density at radius 2 is 2.12 bits per heavy atom. The van der Waals surface area contributed by atoms with Crippen molar-refractivity contribution in [1.29, 1.82) is 0 Å². The molecule has 0 aromatic carbocycles. The van der Waals surface area contributed by atoms with Crippen LogP contribution in [-0.2, 0) is 6.42 Å². The minimum atomic E-state index is 0.284. The Morgan fingerprint density at radius 3 is 2.76 bits per heavy atom. The highest BCUT2D eigenvalue weighted by atomic mass is 15.1. The van der Waals surface area contributed by atoms with Gasteiger partial charge in [0.1, 0.15) is 12.1 Å². The average molecular weight is 231 g/mol.